The summed E-state index contributed by atoms with van der Waals surface area (Å²) < 4.78 is 0. The fourth-order valence-corrected chi connectivity index (χ4v) is 0. The summed E-state index contributed by atoms with van der Waals surface area (Å²) in [5.41, 5.74) is 0. The van der Waals surface area contributed by atoms with Crippen molar-refractivity contribution in [1.29, 1.82) is 0 Å². The second-order valence-electron chi connectivity index (χ2n) is 0.478. The summed E-state index contributed by atoms with van der Waals surface area (Å²) in [6, 6.07) is 0. The maximum absolute atomic E-state index is 5.22. The van der Waals surface area contributed by atoms with Gasteiger partial charge in [0.2, 0.25) is 0 Å². The van der Waals surface area contributed by atoms with E-state index in [9.17, 15) is 0 Å². The lowest BCUT2D eigenvalue weighted by atomic mass is 13.9. The number of halogens is 1. The molecule has 0 aromatic heterocycles. The van der Waals surface area contributed by atoms with E-state index in [-0.39, 0.29) is 9.20 Å². The molecule has 0 aromatic rings. The Morgan fingerprint density at radius 2 is 2.00 bits per heavy atom. The predicted octanol–water partition coefficient (Wildman–Crippen LogP) is -1.54. The van der Waals surface area contributed by atoms with E-state index in [4.69, 9.17) is 5.40 Å². The molecule has 0 aliphatic carbocycles. The largest absolute Gasteiger partial charge is 0.357 e. The first-order valence-corrected chi connectivity index (χ1v) is 11.1. The van der Waals surface area contributed by atoms with Crippen molar-refractivity contribution in [2.45, 2.75) is 0 Å². The molecule has 0 saturated heterocycles. The van der Waals surface area contributed by atoms with Gasteiger partial charge in [0, 0.05) is 0 Å². The van der Waals surface area contributed by atoms with Crippen molar-refractivity contribution in [3.05, 3.63) is 0 Å². The van der Waals surface area contributed by atoms with Gasteiger partial charge in [-0.25, -0.2) is 0 Å². The van der Waals surface area contributed by atoms with Crippen molar-refractivity contribution in [3.8, 4) is 0 Å². The van der Waals surface area contributed by atoms with E-state index in [0.717, 1.165) is 0 Å². The lowest BCUT2D eigenvalue weighted by Crippen LogP contribution is -2.07. The summed E-state index contributed by atoms with van der Waals surface area (Å²) in [6.45, 7) is 0.311. The van der Waals surface area contributed by atoms with Crippen LogP contribution in [-0.2, 0) is 0 Å². The van der Waals surface area contributed by atoms with E-state index < -0.39 is 0 Å². The molecule has 0 atom stereocenters. The van der Waals surface area contributed by atoms with Crippen molar-refractivity contribution in [2.24, 2.45) is 5.40 Å². The van der Waals surface area contributed by atoms with Gasteiger partial charge in [0.1, 0.15) is 0 Å². The Morgan fingerprint density at radius 1 is 1.75 bits per heavy atom. The first kappa shape index (κ1) is 5.12. The SMILES string of the molecule is N[SiH2][SiH2]I. The standard InChI is InChI=1S/H6INSi2/c1-3-4-2/h2-4H2. The third kappa shape index (κ3) is 3.12. The van der Waals surface area contributed by atoms with Crippen LogP contribution >= 0.6 is 21.8 Å². The van der Waals surface area contributed by atoms with Gasteiger partial charge in [0.15, 0.2) is 0 Å². The highest BCUT2D eigenvalue weighted by Gasteiger charge is 1.63. The Hall–Kier alpha value is 1.12. The Morgan fingerprint density at radius 3 is 2.00 bits per heavy atom. The molecule has 26 valence electrons. The molecular weight excluding hydrogens is 197 g/mol. The van der Waals surface area contributed by atoms with E-state index in [2.05, 4.69) is 21.8 Å². The van der Waals surface area contributed by atoms with Crippen LogP contribution in [0.4, 0.5) is 0 Å². The van der Waals surface area contributed by atoms with Crippen LogP contribution in [-0.4, -0.2) is 15.7 Å². The first-order chi connectivity index (χ1) is 1.91. The summed E-state index contributed by atoms with van der Waals surface area (Å²) in [5.74, 6) is 0. The monoisotopic (exact) mass is 203 g/mol. The van der Waals surface area contributed by atoms with Gasteiger partial charge < -0.3 is 5.40 Å². The lowest BCUT2D eigenvalue weighted by Gasteiger charge is -1.63. The zero-order valence-electron chi connectivity index (χ0n) is 2.37. The molecule has 0 rings (SSSR count). The third-order valence-corrected chi connectivity index (χ3v) is 6.59. The molecule has 4 heavy (non-hydrogen) atoms. The van der Waals surface area contributed by atoms with Crippen LogP contribution in [0.1, 0.15) is 0 Å². The molecule has 4 heteroatoms. The van der Waals surface area contributed by atoms with E-state index in [1.54, 1.807) is 0 Å². The van der Waals surface area contributed by atoms with Gasteiger partial charge in [0.05, 0.1) is 15.7 Å². The summed E-state index contributed by atoms with van der Waals surface area (Å²) >= 11 is 2.43. The second kappa shape index (κ2) is 4.12. The predicted molar refractivity (Wildman–Crippen MR) is 35.3 cm³/mol. The molecule has 0 unspecified atom stereocenters. The molecule has 0 fully saturated rings. The number of nitrogens with two attached hydrogens (primary N) is 1. The minimum absolute atomic E-state index is 0.0499. The summed E-state index contributed by atoms with van der Waals surface area (Å²) in [4.78, 5) is 0. The number of rotatable bonds is 1. The summed E-state index contributed by atoms with van der Waals surface area (Å²) in [6.07, 6.45) is 0. The Balaban J connectivity index is 1.97. The fraction of sp³-hybridized carbons (Fsp3) is 0. The molecule has 0 heterocycles. The van der Waals surface area contributed by atoms with E-state index in [1.165, 1.54) is 0 Å². The van der Waals surface area contributed by atoms with E-state index in [1.807, 2.05) is 0 Å². The molecule has 2 N–H and O–H groups in total. The highest BCUT2D eigenvalue weighted by atomic mass is 127. The van der Waals surface area contributed by atoms with Gasteiger partial charge in [-0.2, -0.15) is 0 Å². The zero-order chi connectivity index (χ0) is 3.41. The number of hydrogen-bond donors (Lipinski definition) is 1. The third-order valence-electron chi connectivity index (χ3n) is 0.109. The molecule has 0 aliphatic heterocycles. The van der Waals surface area contributed by atoms with Crippen LogP contribution in [0, 0.1) is 0 Å². The van der Waals surface area contributed by atoms with Crippen molar-refractivity contribution in [3.63, 3.8) is 0 Å². The highest BCUT2D eigenvalue weighted by Crippen LogP contribution is 1.61. The minimum Gasteiger partial charge on any atom is -0.357 e. The quantitative estimate of drug-likeness (QED) is 0.312. The van der Waals surface area contributed by atoms with Crippen molar-refractivity contribution < 1.29 is 0 Å². The highest BCUT2D eigenvalue weighted by molar-refractivity contribution is 14.1. The van der Waals surface area contributed by atoms with Crippen LogP contribution in [0.25, 0.3) is 0 Å². The average Bonchev–Trinajstić information content (AvgIpc) is 1.37. The molecule has 0 aromatic carbocycles. The molecule has 0 aliphatic rings. The lowest BCUT2D eigenvalue weighted by molar-refractivity contribution is 1.98. The molecule has 0 radical (unpaired) electrons. The Kier molecular flexibility index (Phi) is 5.28. The van der Waals surface area contributed by atoms with E-state index >= 15 is 0 Å². The number of hydrogen-bond acceptors (Lipinski definition) is 1. The summed E-state index contributed by atoms with van der Waals surface area (Å²) in [7, 11) is 0.0499. The smallest absolute Gasteiger partial charge is 0.0968 e. The van der Waals surface area contributed by atoms with Crippen LogP contribution in [0.2, 0.25) is 0 Å². The van der Waals surface area contributed by atoms with E-state index in [0.29, 0.717) is 6.53 Å². The fourth-order valence-electron chi connectivity index (χ4n) is 0. The minimum atomic E-state index is 0.0499. The molecular formula is H6INSi2. The molecule has 0 amide bonds. The summed E-state index contributed by atoms with van der Waals surface area (Å²) in [5, 5.41) is 5.22. The van der Waals surface area contributed by atoms with Gasteiger partial charge in [0.25, 0.3) is 0 Å². The van der Waals surface area contributed by atoms with Crippen LogP contribution in [0.5, 0.6) is 0 Å². The first-order valence-electron chi connectivity index (χ1n) is 1.18. The molecule has 0 saturated carbocycles. The van der Waals surface area contributed by atoms with Gasteiger partial charge in [-0.15, -0.1) is 21.8 Å². The van der Waals surface area contributed by atoms with Crippen molar-refractivity contribution >= 4 is 37.5 Å². The van der Waals surface area contributed by atoms with Crippen molar-refractivity contribution in [1.82, 2.24) is 0 Å². The van der Waals surface area contributed by atoms with Crippen LogP contribution in [0.15, 0.2) is 0 Å². The molecule has 1 nitrogen and oxygen atoms in total. The van der Waals surface area contributed by atoms with Crippen molar-refractivity contribution in [2.75, 3.05) is 0 Å². The second-order valence-corrected chi connectivity index (χ2v) is 14.0. The zero-order valence-corrected chi connectivity index (χ0v) is 7.36. The van der Waals surface area contributed by atoms with Gasteiger partial charge in [-0.3, -0.25) is 0 Å². The van der Waals surface area contributed by atoms with Gasteiger partial charge in [-0.05, 0) is 0 Å². The molecule has 0 bridgehead atoms. The van der Waals surface area contributed by atoms with Gasteiger partial charge >= 0.3 is 0 Å². The Bertz CT molecular complexity index is 8.00. The average molecular weight is 203 g/mol. The van der Waals surface area contributed by atoms with Crippen LogP contribution < -0.4 is 5.40 Å². The molecule has 0 spiro atoms. The maximum atomic E-state index is 5.22. The van der Waals surface area contributed by atoms with Crippen LogP contribution in [0.3, 0.4) is 0 Å². The normalized spacial score (nSPS) is 13.5. The maximum Gasteiger partial charge on any atom is 0.0968 e. The van der Waals surface area contributed by atoms with Gasteiger partial charge in [-0.1, -0.05) is 0 Å². The Labute approximate surface area is 43.1 Å². The topological polar surface area (TPSA) is 26.0 Å².